The van der Waals surface area contributed by atoms with Crippen LogP contribution in [0.25, 0.3) is 0 Å². The highest BCUT2D eigenvalue weighted by Gasteiger charge is 2.31. The molecule has 114 valence electrons. The van der Waals surface area contributed by atoms with Crippen molar-refractivity contribution >= 4 is 23.5 Å². The molecule has 6 heteroatoms. The van der Waals surface area contributed by atoms with Crippen molar-refractivity contribution in [1.29, 1.82) is 0 Å². The van der Waals surface area contributed by atoms with Crippen LogP contribution in [0.1, 0.15) is 31.4 Å². The third kappa shape index (κ3) is 4.19. The van der Waals surface area contributed by atoms with Gasteiger partial charge < -0.3 is 10.4 Å². The molecule has 5 nitrogen and oxygen atoms in total. The molecular formula is C15H19ClN2O3. The third-order valence-electron chi connectivity index (χ3n) is 3.74. The highest BCUT2D eigenvalue weighted by Crippen LogP contribution is 2.18. The lowest BCUT2D eigenvalue weighted by atomic mass is 10.1. The maximum atomic E-state index is 12.0. The van der Waals surface area contributed by atoms with E-state index in [2.05, 4.69) is 5.32 Å². The fraction of sp³-hybridized carbons (Fsp3) is 0.467. The molecule has 21 heavy (non-hydrogen) atoms. The van der Waals surface area contributed by atoms with E-state index in [0.717, 1.165) is 12.0 Å². The maximum absolute atomic E-state index is 12.0. The summed E-state index contributed by atoms with van der Waals surface area (Å²) in [4.78, 5) is 24.8. The quantitative estimate of drug-likeness (QED) is 0.873. The monoisotopic (exact) mass is 310 g/mol. The molecule has 2 rings (SSSR count). The predicted octanol–water partition coefficient (Wildman–Crippen LogP) is 2.07. The number of likely N-dealkylation sites (tertiary alicyclic amines) is 1. The van der Waals surface area contributed by atoms with Crippen LogP contribution >= 0.6 is 11.6 Å². The van der Waals surface area contributed by atoms with Crippen LogP contribution < -0.4 is 5.32 Å². The molecule has 1 unspecified atom stereocenters. The van der Waals surface area contributed by atoms with E-state index in [1.165, 1.54) is 0 Å². The fourth-order valence-corrected chi connectivity index (χ4v) is 2.73. The van der Waals surface area contributed by atoms with Gasteiger partial charge in [0, 0.05) is 5.02 Å². The summed E-state index contributed by atoms with van der Waals surface area (Å²) < 4.78 is 0. The first-order chi connectivity index (χ1) is 9.97. The van der Waals surface area contributed by atoms with E-state index >= 15 is 0 Å². The molecule has 1 amide bonds. The minimum Gasteiger partial charge on any atom is -0.480 e. The number of benzene rings is 1. The van der Waals surface area contributed by atoms with Crippen LogP contribution in [0.15, 0.2) is 24.3 Å². The minimum absolute atomic E-state index is 0.120. The average molecular weight is 311 g/mol. The zero-order valence-electron chi connectivity index (χ0n) is 11.9. The van der Waals surface area contributed by atoms with Crippen LogP contribution in [0.2, 0.25) is 5.02 Å². The normalized spacial score (nSPS) is 20.2. The molecule has 1 aliphatic heterocycles. The number of carbonyl (C=O) groups excluding carboxylic acids is 1. The predicted molar refractivity (Wildman–Crippen MR) is 80.2 cm³/mol. The number of carboxylic acid groups (broad SMARTS) is 1. The van der Waals surface area contributed by atoms with Crippen molar-refractivity contribution < 1.29 is 14.7 Å². The van der Waals surface area contributed by atoms with Gasteiger partial charge in [0.2, 0.25) is 5.91 Å². The van der Waals surface area contributed by atoms with Crippen molar-refractivity contribution in [2.75, 3.05) is 13.1 Å². The Labute approximate surface area is 128 Å². The van der Waals surface area contributed by atoms with Gasteiger partial charge in [-0.25, -0.2) is 0 Å². The summed E-state index contributed by atoms with van der Waals surface area (Å²) in [5.41, 5.74) is 0.962. The van der Waals surface area contributed by atoms with Crippen LogP contribution in [0.4, 0.5) is 0 Å². The first-order valence-corrected chi connectivity index (χ1v) is 7.37. The number of rotatable bonds is 5. The molecule has 1 aromatic rings. The van der Waals surface area contributed by atoms with Crippen molar-refractivity contribution in [2.45, 2.75) is 31.8 Å². The Kier molecular flexibility index (Phi) is 5.20. The fourth-order valence-electron chi connectivity index (χ4n) is 2.60. The molecule has 0 radical (unpaired) electrons. The third-order valence-corrected chi connectivity index (χ3v) is 3.99. The number of nitrogens with zero attached hydrogens (tertiary/aromatic N) is 1. The molecule has 0 saturated carbocycles. The number of nitrogens with one attached hydrogen (secondary N) is 1. The zero-order chi connectivity index (χ0) is 15.4. The Morgan fingerprint density at radius 1 is 1.43 bits per heavy atom. The van der Waals surface area contributed by atoms with E-state index in [0.29, 0.717) is 18.0 Å². The molecule has 0 bridgehead atoms. The van der Waals surface area contributed by atoms with Gasteiger partial charge in [0.1, 0.15) is 6.04 Å². The Bertz CT molecular complexity index is 518. The van der Waals surface area contributed by atoms with E-state index in [4.69, 9.17) is 16.7 Å². The molecule has 0 aliphatic carbocycles. The Morgan fingerprint density at radius 3 is 2.71 bits per heavy atom. The number of amides is 1. The minimum atomic E-state index is -0.856. The van der Waals surface area contributed by atoms with Gasteiger partial charge in [0.15, 0.2) is 0 Å². The standard InChI is InChI=1S/C15H19ClN2O3/c1-10(11-4-6-12(16)7-5-11)17-14(19)9-18-8-2-3-13(18)15(20)21/h4-7,10,13H,2-3,8-9H2,1H3,(H,17,19)(H,20,21)/t10?,13-/m1/s1. The van der Waals surface area contributed by atoms with Crippen LogP contribution in [0.5, 0.6) is 0 Å². The van der Waals surface area contributed by atoms with Crippen molar-refractivity contribution in [1.82, 2.24) is 10.2 Å². The summed E-state index contributed by atoms with van der Waals surface area (Å²) in [5.74, 6) is -1.02. The largest absolute Gasteiger partial charge is 0.480 e. The van der Waals surface area contributed by atoms with Crippen molar-refractivity contribution in [3.63, 3.8) is 0 Å². The zero-order valence-corrected chi connectivity index (χ0v) is 12.6. The van der Waals surface area contributed by atoms with Gasteiger partial charge in [0.25, 0.3) is 0 Å². The maximum Gasteiger partial charge on any atom is 0.320 e. The molecular weight excluding hydrogens is 292 g/mol. The van der Waals surface area contributed by atoms with Gasteiger partial charge in [-0.2, -0.15) is 0 Å². The highest BCUT2D eigenvalue weighted by molar-refractivity contribution is 6.30. The summed E-state index contributed by atoms with van der Waals surface area (Å²) >= 11 is 5.83. The second-order valence-corrected chi connectivity index (χ2v) is 5.74. The van der Waals surface area contributed by atoms with E-state index in [1.54, 1.807) is 17.0 Å². The van der Waals surface area contributed by atoms with Crippen LogP contribution in [-0.2, 0) is 9.59 Å². The van der Waals surface area contributed by atoms with Crippen molar-refractivity contribution in [3.8, 4) is 0 Å². The summed E-state index contributed by atoms with van der Waals surface area (Å²) in [6.07, 6.45) is 1.42. The molecule has 2 N–H and O–H groups in total. The Hall–Kier alpha value is -1.59. The Morgan fingerprint density at radius 2 is 2.10 bits per heavy atom. The summed E-state index contributed by atoms with van der Waals surface area (Å²) in [6, 6.07) is 6.61. The molecule has 1 aromatic carbocycles. The van der Waals surface area contributed by atoms with E-state index in [1.807, 2.05) is 19.1 Å². The number of carbonyl (C=O) groups is 2. The topological polar surface area (TPSA) is 69.6 Å². The molecule has 0 aromatic heterocycles. The molecule has 1 saturated heterocycles. The van der Waals surface area contributed by atoms with Crippen molar-refractivity contribution in [3.05, 3.63) is 34.9 Å². The molecule has 2 atom stereocenters. The summed E-state index contributed by atoms with van der Waals surface area (Å²) in [6.45, 7) is 2.66. The van der Waals surface area contributed by atoms with Gasteiger partial charge in [-0.15, -0.1) is 0 Å². The van der Waals surface area contributed by atoms with Gasteiger partial charge >= 0.3 is 5.97 Å². The number of hydrogen-bond donors (Lipinski definition) is 2. The van der Waals surface area contributed by atoms with E-state index < -0.39 is 12.0 Å². The lowest BCUT2D eigenvalue weighted by Crippen LogP contribution is -2.43. The Balaban J connectivity index is 1.89. The second kappa shape index (κ2) is 6.91. The van der Waals surface area contributed by atoms with Crippen LogP contribution in [0.3, 0.4) is 0 Å². The van der Waals surface area contributed by atoms with Crippen LogP contribution in [-0.4, -0.2) is 41.0 Å². The molecule has 1 fully saturated rings. The molecule has 0 spiro atoms. The smallest absolute Gasteiger partial charge is 0.320 e. The van der Waals surface area contributed by atoms with Crippen LogP contribution in [0, 0.1) is 0 Å². The lowest BCUT2D eigenvalue weighted by Gasteiger charge is -2.22. The number of aliphatic carboxylic acids is 1. The van der Waals surface area contributed by atoms with Gasteiger partial charge in [-0.05, 0) is 44.0 Å². The number of hydrogen-bond acceptors (Lipinski definition) is 3. The van der Waals surface area contributed by atoms with Crippen molar-refractivity contribution in [2.24, 2.45) is 0 Å². The highest BCUT2D eigenvalue weighted by atomic mass is 35.5. The number of halogens is 1. The van der Waals surface area contributed by atoms with Gasteiger partial charge in [-0.3, -0.25) is 14.5 Å². The van der Waals surface area contributed by atoms with E-state index in [9.17, 15) is 9.59 Å². The van der Waals surface area contributed by atoms with Gasteiger partial charge in [0.05, 0.1) is 12.6 Å². The van der Waals surface area contributed by atoms with E-state index in [-0.39, 0.29) is 18.5 Å². The molecule has 1 aliphatic rings. The summed E-state index contributed by atoms with van der Waals surface area (Å²) in [5, 5.41) is 12.6. The average Bonchev–Trinajstić information content (AvgIpc) is 2.87. The lowest BCUT2D eigenvalue weighted by molar-refractivity contribution is -0.142. The molecule has 1 heterocycles. The summed E-state index contributed by atoms with van der Waals surface area (Å²) in [7, 11) is 0. The second-order valence-electron chi connectivity index (χ2n) is 5.31. The van der Waals surface area contributed by atoms with Gasteiger partial charge in [-0.1, -0.05) is 23.7 Å². The SMILES string of the molecule is CC(NC(=O)CN1CCC[C@@H]1C(=O)O)c1ccc(Cl)cc1. The number of carboxylic acids is 1. The first kappa shape index (κ1) is 15.8. The first-order valence-electron chi connectivity index (χ1n) is 6.99.